The van der Waals surface area contributed by atoms with Gasteiger partial charge in [-0.15, -0.1) is 0 Å². The van der Waals surface area contributed by atoms with Gasteiger partial charge in [-0.25, -0.2) is 0 Å². The first kappa shape index (κ1) is 42.8. The molecular formula is C43H60N4O4. The zero-order chi connectivity index (χ0) is 39.2. The van der Waals surface area contributed by atoms with Crippen molar-refractivity contribution in [1.29, 1.82) is 0 Å². The lowest BCUT2D eigenvalue weighted by atomic mass is 9.91. The number of benzene rings is 4. The Bertz CT molecular complexity index is 1760. The molecule has 51 heavy (non-hydrogen) atoms. The van der Waals surface area contributed by atoms with Crippen LogP contribution >= 0.6 is 0 Å². The Labute approximate surface area is 306 Å². The highest BCUT2D eigenvalue weighted by Gasteiger charge is 2.39. The molecule has 4 amide bonds. The third-order valence-electron chi connectivity index (χ3n) is 7.76. The molecule has 0 spiro atoms. The smallest absolute Gasteiger partial charge is 0.261 e. The van der Waals surface area contributed by atoms with Gasteiger partial charge in [-0.2, -0.15) is 0 Å². The predicted molar refractivity (Wildman–Crippen MR) is 213 cm³/mol. The molecule has 8 nitrogen and oxygen atoms in total. The second-order valence-corrected chi connectivity index (χ2v) is 17.1. The molecule has 2 aliphatic rings. The highest BCUT2D eigenvalue weighted by atomic mass is 16.2. The van der Waals surface area contributed by atoms with Crippen LogP contribution in [-0.4, -0.2) is 96.6 Å². The molecule has 2 aliphatic heterocycles. The molecule has 0 aromatic heterocycles. The van der Waals surface area contributed by atoms with Crippen LogP contribution in [0.15, 0.2) is 72.8 Å². The molecule has 4 aromatic rings. The average molecular weight is 697 g/mol. The summed E-state index contributed by atoms with van der Waals surface area (Å²) in [6.45, 7) is 20.9. The second-order valence-electron chi connectivity index (χ2n) is 17.1. The van der Waals surface area contributed by atoms with Gasteiger partial charge in [0.1, 0.15) is 0 Å². The molecule has 0 aliphatic carbocycles. The van der Waals surface area contributed by atoms with E-state index in [0.29, 0.717) is 33.2 Å². The van der Waals surface area contributed by atoms with E-state index in [-0.39, 0.29) is 23.6 Å². The van der Waals surface area contributed by atoms with Gasteiger partial charge < -0.3 is 9.80 Å². The summed E-state index contributed by atoms with van der Waals surface area (Å²) in [5.74, 6) is -0.868. The minimum absolute atomic E-state index is 0.207. The van der Waals surface area contributed by atoms with Gasteiger partial charge >= 0.3 is 0 Å². The van der Waals surface area contributed by atoms with Crippen LogP contribution in [0.25, 0.3) is 21.5 Å². The molecule has 0 fully saturated rings. The van der Waals surface area contributed by atoms with E-state index in [2.05, 4.69) is 67.5 Å². The van der Waals surface area contributed by atoms with Gasteiger partial charge in [0.05, 0.1) is 0 Å². The third-order valence-corrected chi connectivity index (χ3v) is 7.76. The monoisotopic (exact) mass is 696 g/mol. The van der Waals surface area contributed by atoms with E-state index in [1.807, 2.05) is 95.3 Å². The predicted octanol–water partition coefficient (Wildman–Crippen LogP) is 8.88. The van der Waals surface area contributed by atoms with Crippen LogP contribution in [0.5, 0.6) is 0 Å². The summed E-state index contributed by atoms with van der Waals surface area (Å²) in [6, 6.07) is 22.2. The van der Waals surface area contributed by atoms with E-state index >= 15 is 0 Å². The van der Waals surface area contributed by atoms with Gasteiger partial charge in [0.2, 0.25) is 0 Å². The van der Waals surface area contributed by atoms with E-state index in [4.69, 9.17) is 0 Å². The number of nitrogens with zero attached hydrogens (tertiary/aromatic N) is 4. The lowest BCUT2D eigenvalue weighted by molar-refractivity contribution is 0.0459. The van der Waals surface area contributed by atoms with Crippen molar-refractivity contribution in [3.8, 4) is 0 Å². The van der Waals surface area contributed by atoms with Gasteiger partial charge in [0.15, 0.2) is 0 Å². The van der Waals surface area contributed by atoms with Crippen LogP contribution in [0, 0.1) is 5.41 Å². The van der Waals surface area contributed by atoms with Gasteiger partial charge in [-0.3, -0.25) is 29.0 Å². The molecule has 0 atom stereocenters. The van der Waals surface area contributed by atoms with Gasteiger partial charge in [0, 0.05) is 51.2 Å². The lowest BCUT2D eigenvalue weighted by Crippen LogP contribution is -2.51. The molecule has 0 unspecified atom stereocenters. The average Bonchev–Trinajstić information content (AvgIpc) is 3.00. The van der Waals surface area contributed by atoms with Gasteiger partial charge in [-0.1, -0.05) is 76.2 Å². The maximum Gasteiger partial charge on any atom is 0.261 e. The minimum Gasteiger partial charge on any atom is -0.312 e. The highest BCUT2D eigenvalue weighted by molar-refractivity contribution is 6.26. The van der Waals surface area contributed by atoms with E-state index in [0.717, 1.165) is 26.4 Å². The van der Waals surface area contributed by atoms with Crippen LogP contribution < -0.4 is 0 Å². The first-order chi connectivity index (χ1) is 23.3. The largest absolute Gasteiger partial charge is 0.312 e. The lowest BCUT2D eigenvalue weighted by Gasteiger charge is -2.37. The Morgan fingerprint density at radius 3 is 0.922 bits per heavy atom. The Balaban J connectivity index is 0.000000253. The SMILES string of the molecule is CC(C)(C)C.CC(C)(C)N1C(=O)c2cccc3cccc(c23)C1=O.CN(C)C.CN(C)C(C)(C)C.CN1C(=O)c2cccc3cccc(c23)C1=O. The van der Waals surface area contributed by atoms with Crippen molar-refractivity contribution < 1.29 is 19.2 Å². The number of hydrogen-bond acceptors (Lipinski definition) is 6. The summed E-state index contributed by atoms with van der Waals surface area (Å²) in [4.78, 5) is 55.7. The Hall–Kier alpha value is -4.40. The third kappa shape index (κ3) is 11.3. The Kier molecular flexibility index (Phi) is 14.0. The molecule has 0 bridgehead atoms. The zero-order valence-corrected chi connectivity index (χ0v) is 33.9. The standard InChI is InChI=1S/C16H15NO2.C13H9NO2.C6H15N.C5H12.C3H9N/c1-16(2,3)17-14(18)11-8-4-6-10-7-5-9-12(13(10)11)15(17)19;1-14-12(15)9-6-2-4-8-5-3-7-10(11(8)9)13(14)16;1-6(2,3)7(4)5;1-5(2,3)4;1-4(2)3/h4-9H,1-3H3;2-7H,1H3;1-5H3;1-4H3;1-3H3. The van der Waals surface area contributed by atoms with Crippen molar-refractivity contribution in [1.82, 2.24) is 19.6 Å². The second kappa shape index (κ2) is 16.7. The summed E-state index contributed by atoms with van der Waals surface area (Å²) in [5.41, 5.74) is 2.75. The number of imide groups is 2. The molecule has 0 saturated carbocycles. The maximum atomic E-state index is 12.6. The van der Waals surface area contributed by atoms with Crippen molar-refractivity contribution in [3.63, 3.8) is 0 Å². The molecule has 2 heterocycles. The van der Waals surface area contributed by atoms with Crippen LogP contribution in [0.2, 0.25) is 0 Å². The van der Waals surface area contributed by atoms with E-state index in [9.17, 15) is 19.2 Å². The van der Waals surface area contributed by atoms with Gasteiger partial charge in [0.25, 0.3) is 23.6 Å². The van der Waals surface area contributed by atoms with Crippen molar-refractivity contribution in [2.75, 3.05) is 42.3 Å². The zero-order valence-electron chi connectivity index (χ0n) is 33.9. The number of hydrogen-bond donors (Lipinski definition) is 0. The molecule has 4 aromatic carbocycles. The Morgan fingerprint density at radius 1 is 0.471 bits per heavy atom. The number of carbonyl (C=O) groups is 4. The number of carbonyl (C=O) groups excluding carboxylic acids is 4. The molecule has 276 valence electrons. The molecular weight excluding hydrogens is 636 g/mol. The summed E-state index contributed by atoms with van der Waals surface area (Å²) < 4.78 is 0. The van der Waals surface area contributed by atoms with Crippen LogP contribution in [-0.2, 0) is 0 Å². The summed E-state index contributed by atoms with van der Waals surface area (Å²) in [5, 5.41) is 3.42. The summed E-state index contributed by atoms with van der Waals surface area (Å²) in [7, 11) is 11.7. The topological polar surface area (TPSA) is 81.2 Å². The highest BCUT2D eigenvalue weighted by Crippen LogP contribution is 2.33. The Morgan fingerprint density at radius 2 is 0.706 bits per heavy atom. The molecule has 8 heteroatoms. The minimum atomic E-state index is -0.524. The van der Waals surface area contributed by atoms with E-state index < -0.39 is 5.54 Å². The first-order valence-corrected chi connectivity index (χ1v) is 17.3. The molecule has 0 radical (unpaired) electrons. The van der Waals surface area contributed by atoms with Crippen molar-refractivity contribution in [3.05, 3.63) is 95.1 Å². The van der Waals surface area contributed by atoms with Crippen molar-refractivity contribution >= 4 is 45.2 Å². The molecule has 0 saturated heterocycles. The fourth-order valence-electron chi connectivity index (χ4n) is 4.79. The normalized spacial score (nSPS) is 13.9. The number of amides is 4. The first-order valence-electron chi connectivity index (χ1n) is 17.3. The fraction of sp³-hybridized carbons (Fsp3) is 0.442. The van der Waals surface area contributed by atoms with Crippen LogP contribution in [0.3, 0.4) is 0 Å². The van der Waals surface area contributed by atoms with Crippen LogP contribution in [0.4, 0.5) is 0 Å². The molecule has 6 rings (SSSR count). The summed E-state index contributed by atoms with van der Waals surface area (Å²) in [6.07, 6.45) is 0. The van der Waals surface area contributed by atoms with Crippen molar-refractivity contribution in [2.24, 2.45) is 5.41 Å². The fourth-order valence-corrected chi connectivity index (χ4v) is 4.79. The number of rotatable bonds is 0. The van der Waals surface area contributed by atoms with Gasteiger partial charge in [-0.05, 0) is 117 Å². The van der Waals surface area contributed by atoms with E-state index in [1.165, 1.54) is 11.9 Å². The molecule has 0 N–H and O–H groups in total. The maximum absolute atomic E-state index is 12.6. The van der Waals surface area contributed by atoms with Crippen LogP contribution in [0.1, 0.15) is 111 Å². The van der Waals surface area contributed by atoms with Crippen molar-refractivity contribution in [2.45, 2.75) is 80.3 Å². The quantitative estimate of drug-likeness (QED) is 0.171. The summed E-state index contributed by atoms with van der Waals surface area (Å²) >= 11 is 0. The van der Waals surface area contributed by atoms with E-state index in [1.54, 1.807) is 24.3 Å².